The summed E-state index contributed by atoms with van der Waals surface area (Å²) in [4.78, 5) is 11.4. The number of aliphatic hydroxyl groups is 2. The zero-order valence-electron chi connectivity index (χ0n) is 12.1. The van der Waals surface area contributed by atoms with Gasteiger partial charge in [-0.1, -0.05) is 30.3 Å². The van der Waals surface area contributed by atoms with Crippen LogP contribution in [0.4, 0.5) is 0 Å². The molecule has 2 rings (SSSR count). The molecule has 1 aliphatic rings. The van der Waals surface area contributed by atoms with Gasteiger partial charge in [-0.15, -0.1) is 11.6 Å². The van der Waals surface area contributed by atoms with E-state index >= 15 is 0 Å². The molecule has 1 heterocycles. The highest BCUT2D eigenvalue weighted by Crippen LogP contribution is 2.25. The molecule has 1 saturated heterocycles. The summed E-state index contributed by atoms with van der Waals surface area (Å²) in [5, 5.41) is 19.8. The summed E-state index contributed by atoms with van der Waals surface area (Å²) in [6.45, 7) is 1.83. The highest BCUT2D eigenvalue weighted by Gasteiger charge is 2.45. The van der Waals surface area contributed by atoms with Gasteiger partial charge in [-0.05, 0) is 12.5 Å². The molecule has 5 atom stereocenters. The Morgan fingerprint density at radius 1 is 1.27 bits per heavy atom. The van der Waals surface area contributed by atoms with Crippen LogP contribution in [0.5, 0.6) is 0 Å². The lowest BCUT2D eigenvalue weighted by Gasteiger charge is -2.41. The van der Waals surface area contributed by atoms with E-state index in [2.05, 4.69) is 0 Å². The van der Waals surface area contributed by atoms with E-state index in [0.29, 0.717) is 0 Å². The second kappa shape index (κ2) is 7.89. The largest absolute Gasteiger partial charge is 0.456 e. The number of carbonyl (C=O) groups excluding carboxylic acids is 1. The first-order valence-corrected chi connectivity index (χ1v) is 7.49. The normalized spacial score (nSPS) is 31.7. The highest BCUT2D eigenvalue weighted by atomic mass is 35.5. The summed E-state index contributed by atoms with van der Waals surface area (Å²) in [5.74, 6) is -0.952. The third-order valence-electron chi connectivity index (χ3n) is 3.43. The molecule has 6 nitrogen and oxygen atoms in total. The number of hydrogen-bond acceptors (Lipinski definition) is 6. The first-order valence-electron chi connectivity index (χ1n) is 6.95. The maximum Gasteiger partial charge on any atom is 0.321 e. The average molecular weight is 331 g/mol. The van der Waals surface area contributed by atoms with Gasteiger partial charge in [0, 0.05) is 0 Å². The summed E-state index contributed by atoms with van der Waals surface area (Å²) < 4.78 is 16.0. The Hall–Kier alpha value is -1.18. The minimum atomic E-state index is -1.40. The van der Waals surface area contributed by atoms with Crippen molar-refractivity contribution in [2.75, 3.05) is 5.88 Å². The molecule has 5 unspecified atom stereocenters. The third-order valence-corrected chi connectivity index (χ3v) is 3.65. The van der Waals surface area contributed by atoms with Crippen molar-refractivity contribution >= 4 is 17.6 Å². The van der Waals surface area contributed by atoms with Crippen molar-refractivity contribution in [2.24, 2.45) is 0 Å². The van der Waals surface area contributed by atoms with Crippen LogP contribution in [0.2, 0.25) is 0 Å². The molecule has 1 aromatic rings. The van der Waals surface area contributed by atoms with Crippen LogP contribution >= 0.6 is 11.6 Å². The molecule has 2 N–H and O–H groups in total. The first-order chi connectivity index (χ1) is 10.5. The van der Waals surface area contributed by atoms with Gasteiger partial charge in [-0.25, -0.2) is 0 Å². The smallest absolute Gasteiger partial charge is 0.321 e. The lowest BCUT2D eigenvalue weighted by molar-refractivity contribution is -0.290. The second-order valence-electron chi connectivity index (χ2n) is 5.07. The topological polar surface area (TPSA) is 85.2 Å². The van der Waals surface area contributed by atoms with Crippen molar-refractivity contribution in [1.29, 1.82) is 0 Å². The van der Waals surface area contributed by atoms with Crippen LogP contribution in [0, 0.1) is 0 Å². The summed E-state index contributed by atoms with van der Waals surface area (Å²) >= 11 is 5.44. The molecular formula is C15H19ClO6. The van der Waals surface area contributed by atoms with Crippen molar-refractivity contribution in [3.05, 3.63) is 35.9 Å². The van der Waals surface area contributed by atoms with Gasteiger partial charge >= 0.3 is 5.97 Å². The second-order valence-corrected chi connectivity index (χ2v) is 5.34. The first kappa shape index (κ1) is 17.2. The van der Waals surface area contributed by atoms with Crippen LogP contribution < -0.4 is 0 Å². The highest BCUT2D eigenvalue weighted by molar-refractivity contribution is 6.26. The molecule has 7 heteroatoms. The SMILES string of the molecule is CC1OC(O)C(O)C(OCc2ccccc2)C1OC(=O)CCl. The number of ether oxygens (including phenoxy) is 3. The van der Waals surface area contributed by atoms with Crippen molar-refractivity contribution in [1.82, 2.24) is 0 Å². The van der Waals surface area contributed by atoms with Gasteiger partial charge in [0.25, 0.3) is 0 Å². The Bertz CT molecular complexity index is 482. The quantitative estimate of drug-likeness (QED) is 0.614. The van der Waals surface area contributed by atoms with Crippen molar-refractivity contribution < 1.29 is 29.2 Å². The summed E-state index contributed by atoms with van der Waals surface area (Å²) in [7, 11) is 0. The number of alkyl halides is 1. The molecule has 0 aliphatic carbocycles. The molecule has 0 aromatic heterocycles. The van der Waals surface area contributed by atoms with E-state index in [4.69, 9.17) is 25.8 Å². The fourth-order valence-electron chi connectivity index (χ4n) is 2.31. The van der Waals surface area contributed by atoms with Gasteiger partial charge < -0.3 is 24.4 Å². The molecule has 0 radical (unpaired) electrons. The lowest BCUT2D eigenvalue weighted by atomic mass is 9.99. The van der Waals surface area contributed by atoms with Crippen LogP contribution in [0.15, 0.2) is 30.3 Å². The Morgan fingerprint density at radius 2 is 1.95 bits per heavy atom. The predicted octanol–water partition coefficient (Wildman–Crippen LogP) is 0.820. The zero-order valence-corrected chi connectivity index (χ0v) is 12.8. The molecule has 1 aromatic carbocycles. The van der Waals surface area contributed by atoms with Gasteiger partial charge in [-0.3, -0.25) is 4.79 Å². The minimum absolute atomic E-state index is 0.205. The van der Waals surface area contributed by atoms with Crippen molar-refractivity contribution in [3.63, 3.8) is 0 Å². The minimum Gasteiger partial charge on any atom is -0.456 e. The Labute approximate surface area is 133 Å². The number of carbonyl (C=O) groups is 1. The monoisotopic (exact) mass is 330 g/mol. The van der Waals surface area contributed by atoms with Gasteiger partial charge in [0.2, 0.25) is 0 Å². The number of hydrogen-bond donors (Lipinski definition) is 2. The average Bonchev–Trinajstić information content (AvgIpc) is 2.53. The molecule has 0 saturated carbocycles. The van der Waals surface area contributed by atoms with Gasteiger partial charge in [0.05, 0.1) is 12.7 Å². The van der Waals surface area contributed by atoms with E-state index in [9.17, 15) is 15.0 Å². The molecule has 1 aliphatic heterocycles. The maximum absolute atomic E-state index is 11.4. The fraction of sp³-hybridized carbons (Fsp3) is 0.533. The third kappa shape index (κ3) is 4.18. The van der Waals surface area contributed by atoms with E-state index in [1.165, 1.54) is 0 Å². The Morgan fingerprint density at radius 3 is 2.59 bits per heavy atom. The van der Waals surface area contributed by atoms with E-state index < -0.39 is 36.7 Å². The molecular weight excluding hydrogens is 312 g/mol. The molecule has 122 valence electrons. The molecule has 0 amide bonds. The Kier molecular flexibility index (Phi) is 6.16. The standard InChI is InChI=1S/C15H19ClO6/c1-9-13(22-11(17)7-16)14(12(18)15(19)21-9)20-8-10-5-3-2-4-6-10/h2-6,9,12-15,18-19H,7-8H2,1H3. The summed E-state index contributed by atoms with van der Waals surface area (Å²) in [5.41, 5.74) is 0.894. The van der Waals surface area contributed by atoms with Crippen LogP contribution in [0.25, 0.3) is 0 Å². The fourth-order valence-corrected chi connectivity index (χ4v) is 2.37. The summed E-state index contributed by atoms with van der Waals surface area (Å²) in [6.07, 6.45) is -5.12. The zero-order chi connectivity index (χ0) is 16.1. The van der Waals surface area contributed by atoms with E-state index in [-0.39, 0.29) is 12.5 Å². The number of aliphatic hydroxyl groups excluding tert-OH is 2. The molecule has 0 spiro atoms. The van der Waals surface area contributed by atoms with Crippen molar-refractivity contribution in [3.8, 4) is 0 Å². The lowest BCUT2D eigenvalue weighted by Crippen LogP contribution is -2.59. The van der Waals surface area contributed by atoms with Gasteiger partial charge in [-0.2, -0.15) is 0 Å². The van der Waals surface area contributed by atoms with Crippen LogP contribution in [0.3, 0.4) is 0 Å². The van der Waals surface area contributed by atoms with Crippen LogP contribution in [-0.2, 0) is 25.6 Å². The Balaban J connectivity index is 2.08. The van der Waals surface area contributed by atoms with E-state index in [1.807, 2.05) is 30.3 Å². The molecule has 1 fully saturated rings. The van der Waals surface area contributed by atoms with E-state index in [0.717, 1.165) is 5.56 Å². The number of halogens is 1. The van der Waals surface area contributed by atoms with Crippen LogP contribution in [0.1, 0.15) is 12.5 Å². The number of rotatable bonds is 5. The predicted molar refractivity (Wildman–Crippen MR) is 78.2 cm³/mol. The summed E-state index contributed by atoms with van der Waals surface area (Å²) in [6, 6.07) is 9.34. The number of benzene rings is 1. The molecule has 22 heavy (non-hydrogen) atoms. The van der Waals surface area contributed by atoms with Gasteiger partial charge in [0.15, 0.2) is 12.4 Å². The van der Waals surface area contributed by atoms with Crippen LogP contribution in [-0.4, -0.2) is 52.8 Å². The van der Waals surface area contributed by atoms with Crippen molar-refractivity contribution in [2.45, 2.75) is 44.2 Å². The van der Waals surface area contributed by atoms with Gasteiger partial charge in [0.1, 0.15) is 18.1 Å². The van der Waals surface area contributed by atoms with E-state index in [1.54, 1.807) is 6.92 Å². The maximum atomic E-state index is 11.4. The number of esters is 1. The molecule has 0 bridgehead atoms.